The van der Waals surface area contributed by atoms with Gasteiger partial charge in [-0.15, -0.1) is 0 Å². The first-order valence-corrected chi connectivity index (χ1v) is 8.02. The first kappa shape index (κ1) is 14.3. The molecule has 0 bridgehead atoms. The quantitative estimate of drug-likeness (QED) is 0.907. The van der Waals surface area contributed by atoms with Crippen LogP contribution in [0, 0.1) is 6.92 Å². The van der Waals surface area contributed by atoms with Crippen LogP contribution >= 0.6 is 0 Å². The van der Waals surface area contributed by atoms with Crippen molar-refractivity contribution >= 4 is 0 Å². The Kier molecular flexibility index (Phi) is 4.66. The van der Waals surface area contributed by atoms with Gasteiger partial charge in [0.25, 0.3) is 0 Å². The van der Waals surface area contributed by atoms with Gasteiger partial charge in [0.15, 0.2) is 0 Å². The van der Waals surface area contributed by atoms with Crippen LogP contribution in [0.3, 0.4) is 0 Å². The van der Waals surface area contributed by atoms with E-state index < -0.39 is 0 Å². The van der Waals surface area contributed by atoms with Gasteiger partial charge in [-0.1, -0.05) is 36.4 Å². The summed E-state index contributed by atoms with van der Waals surface area (Å²) in [5.41, 5.74) is 3.97. The van der Waals surface area contributed by atoms with E-state index in [0.29, 0.717) is 6.04 Å². The molecule has 1 aromatic heterocycles. The minimum Gasteiger partial charge on any atom is -0.308 e. The summed E-state index contributed by atoms with van der Waals surface area (Å²) in [4.78, 5) is 4.46. The van der Waals surface area contributed by atoms with Gasteiger partial charge in [0.05, 0.1) is 5.69 Å². The van der Waals surface area contributed by atoms with Crippen molar-refractivity contribution in [2.45, 2.75) is 51.1 Å². The highest BCUT2D eigenvalue weighted by Gasteiger charge is 2.21. The Labute approximate surface area is 127 Å². The van der Waals surface area contributed by atoms with Gasteiger partial charge in [-0.3, -0.25) is 4.98 Å². The summed E-state index contributed by atoms with van der Waals surface area (Å²) in [7, 11) is 0. The van der Waals surface area contributed by atoms with E-state index in [9.17, 15) is 0 Å². The summed E-state index contributed by atoms with van der Waals surface area (Å²) in [6, 6.07) is 15.7. The number of benzene rings is 1. The summed E-state index contributed by atoms with van der Waals surface area (Å²) in [5.74, 6) is 0.751. The van der Waals surface area contributed by atoms with E-state index in [1.165, 1.54) is 42.5 Å². The highest BCUT2D eigenvalue weighted by molar-refractivity contribution is 5.20. The highest BCUT2D eigenvalue weighted by atomic mass is 14.9. The van der Waals surface area contributed by atoms with Gasteiger partial charge < -0.3 is 5.32 Å². The van der Waals surface area contributed by atoms with E-state index in [1.54, 1.807) is 0 Å². The maximum atomic E-state index is 4.46. The van der Waals surface area contributed by atoms with Crippen molar-refractivity contribution in [2.75, 3.05) is 0 Å². The van der Waals surface area contributed by atoms with Gasteiger partial charge in [0.1, 0.15) is 0 Å². The van der Waals surface area contributed by atoms with Crippen LogP contribution in [0.15, 0.2) is 48.7 Å². The average Bonchev–Trinajstić information content (AvgIpc) is 2.55. The normalized spacial score (nSPS) is 22.1. The zero-order chi connectivity index (χ0) is 14.5. The first-order valence-electron chi connectivity index (χ1n) is 8.02. The third-order valence-electron chi connectivity index (χ3n) is 4.67. The van der Waals surface area contributed by atoms with Crippen LogP contribution in [0.25, 0.3) is 0 Å². The van der Waals surface area contributed by atoms with Crippen molar-refractivity contribution in [3.63, 3.8) is 0 Å². The molecule has 1 heterocycles. The van der Waals surface area contributed by atoms with Gasteiger partial charge in [0, 0.05) is 18.8 Å². The fourth-order valence-corrected chi connectivity index (χ4v) is 3.30. The van der Waals surface area contributed by atoms with Crippen molar-refractivity contribution in [3.05, 3.63) is 65.5 Å². The average molecular weight is 280 g/mol. The second kappa shape index (κ2) is 6.86. The van der Waals surface area contributed by atoms with E-state index in [0.717, 1.165) is 12.5 Å². The Hall–Kier alpha value is -1.67. The minimum atomic E-state index is 0.645. The molecule has 0 atom stereocenters. The predicted octanol–water partition coefficient (Wildman–Crippen LogP) is 4.21. The number of aryl methyl sites for hydroxylation is 1. The predicted molar refractivity (Wildman–Crippen MR) is 87.3 cm³/mol. The Balaban J connectivity index is 1.49. The number of pyridine rings is 1. The third-order valence-corrected chi connectivity index (χ3v) is 4.67. The summed E-state index contributed by atoms with van der Waals surface area (Å²) in [5, 5.41) is 3.69. The molecule has 2 nitrogen and oxygen atoms in total. The molecule has 0 amide bonds. The zero-order valence-corrected chi connectivity index (χ0v) is 12.8. The van der Waals surface area contributed by atoms with Crippen LogP contribution in [0.2, 0.25) is 0 Å². The van der Waals surface area contributed by atoms with Crippen molar-refractivity contribution in [2.24, 2.45) is 0 Å². The molecule has 1 aliphatic rings. The molecular formula is C19H24N2. The van der Waals surface area contributed by atoms with Crippen LogP contribution in [0.4, 0.5) is 0 Å². The van der Waals surface area contributed by atoms with E-state index in [4.69, 9.17) is 0 Å². The molecule has 110 valence electrons. The molecule has 2 heteroatoms. The second-order valence-electron chi connectivity index (χ2n) is 6.11. The number of aromatic nitrogens is 1. The molecule has 0 saturated heterocycles. The molecule has 1 N–H and O–H groups in total. The van der Waals surface area contributed by atoms with Crippen molar-refractivity contribution in [1.29, 1.82) is 0 Å². The van der Waals surface area contributed by atoms with E-state index in [1.807, 2.05) is 12.3 Å². The molecule has 0 radical (unpaired) electrons. The lowest BCUT2D eigenvalue weighted by molar-refractivity contribution is 0.340. The summed E-state index contributed by atoms with van der Waals surface area (Å²) in [6.07, 6.45) is 7.01. The van der Waals surface area contributed by atoms with Crippen LogP contribution in [0.1, 0.15) is 48.4 Å². The lowest BCUT2D eigenvalue weighted by atomic mass is 9.82. The van der Waals surface area contributed by atoms with Crippen LogP contribution in [-0.4, -0.2) is 11.0 Å². The lowest BCUT2D eigenvalue weighted by Crippen LogP contribution is -2.32. The van der Waals surface area contributed by atoms with Crippen LogP contribution < -0.4 is 5.32 Å². The summed E-state index contributed by atoms with van der Waals surface area (Å²) in [6.45, 7) is 3.03. The molecule has 3 rings (SSSR count). The van der Waals surface area contributed by atoms with Gasteiger partial charge in [-0.25, -0.2) is 0 Å². The molecule has 0 unspecified atom stereocenters. The van der Waals surface area contributed by atoms with Gasteiger partial charge >= 0.3 is 0 Å². The third kappa shape index (κ3) is 3.70. The smallest absolute Gasteiger partial charge is 0.0570 e. The Morgan fingerprint density at radius 3 is 2.48 bits per heavy atom. The van der Waals surface area contributed by atoms with Crippen molar-refractivity contribution < 1.29 is 0 Å². The van der Waals surface area contributed by atoms with E-state index in [2.05, 4.69) is 53.6 Å². The Morgan fingerprint density at radius 1 is 1.00 bits per heavy atom. The fourth-order valence-electron chi connectivity index (χ4n) is 3.30. The molecule has 0 aliphatic heterocycles. The number of hydrogen-bond donors (Lipinski definition) is 1. The Morgan fingerprint density at radius 2 is 1.76 bits per heavy atom. The number of nitrogens with zero attached hydrogens (tertiary/aromatic N) is 1. The lowest BCUT2D eigenvalue weighted by Gasteiger charge is -2.29. The monoisotopic (exact) mass is 280 g/mol. The van der Waals surface area contributed by atoms with E-state index >= 15 is 0 Å². The molecule has 1 saturated carbocycles. The summed E-state index contributed by atoms with van der Waals surface area (Å²) >= 11 is 0. The summed E-state index contributed by atoms with van der Waals surface area (Å²) < 4.78 is 0. The van der Waals surface area contributed by atoms with Crippen LogP contribution in [-0.2, 0) is 6.54 Å². The van der Waals surface area contributed by atoms with Gasteiger partial charge in [-0.2, -0.15) is 0 Å². The SMILES string of the molecule is Cc1cccnc1CNC1CCC(c2ccccc2)CC1. The van der Waals surface area contributed by atoms with Gasteiger partial charge in [0.2, 0.25) is 0 Å². The number of nitrogens with one attached hydrogen (secondary N) is 1. The zero-order valence-electron chi connectivity index (χ0n) is 12.8. The molecule has 1 fully saturated rings. The van der Waals surface area contributed by atoms with Crippen LogP contribution in [0.5, 0.6) is 0 Å². The van der Waals surface area contributed by atoms with E-state index in [-0.39, 0.29) is 0 Å². The maximum absolute atomic E-state index is 4.46. The number of rotatable bonds is 4. The molecule has 2 aromatic rings. The molecule has 21 heavy (non-hydrogen) atoms. The molecule has 1 aliphatic carbocycles. The topological polar surface area (TPSA) is 24.9 Å². The molecule has 0 spiro atoms. The second-order valence-corrected chi connectivity index (χ2v) is 6.11. The molecular weight excluding hydrogens is 256 g/mol. The standard InChI is InChI=1S/C19H24N2/c1-15-6-5-13-20-19(15)14-21-18-11-9-17(10-12-18)16-7-3-2-4-8-16/h2-8,13,17-18,21H,9-12,14H2,1H3. The largest absolute Gasteiger partial charge is 0.308 e. The fraction of sp³-hybridized carbons (Fsp3) is 0.421. The molecule has 1 aromatic carbocycles. The van der Waals surface area contributed by atoms with Crippen molar-refractivity contribution in [3.8, 4) is 0 Å². The van der Waals surface area contributed by atoms with Gasteiger partial charge in [-0.05, 0) is 55.7 Å². The highest BCUT2D eigenvalue weighted by Crippen LogP contribution is 2.32. The maximum Gasteiger partial charge on any atom is 0.0570 e. The van der Waals surface area contributed by atoms with Crippen molar-refractivity contribution in [1.82, 2.24) is 10.3 Å². The number of hydrogen-bond acceptors (Lipinski definition) is 2. The first-order chi connectivity index (χ1) is 10.3. The Bertz CT molecular complexity index is 557. The minimum absolute atomic E-state index is 0.645.